The standard InChI is InChI=1S/C15H16FNO3S/c16-12-6-1-4-9-15(12)21(18,19)11-5-10-20-14-8-3-2-7-13(14)17/h1-4,6-9H,5,10-11,17H2. The lowest BCUT2D eigenvalue weighted by molar-refractivity contribution is 0.319. The van der Waals surface area contributed by atoms with Crippen molar-refractivity contribution in [1.29, 1.82) is 0 Å². The van der Waals surface area contributed by atoms with Crippen LogP contribution in [0.25, 0.3) is 0 Å². The van der Waals surface area contributed by atoms with E-state index in [1.54, 1.807) is 24.3 Å². The maximum absolute atomic E-state index is 13.5. The van der Waals surface area contributed by atoms with E-state index in [0.717, 1.165) is 6.07 Å². The molecule has 0 aliphatic heterocycles. The van der Waals surface area contributed by atoms with Gasteiger partial charge in [0.25, 0.3) is 0 Å². The normalized spacial score (nSPS) is 11.3. The van der Waals surface area contributed by atoms with Crippen LogP contribution in [0, 0.1) is 5.82 Å². The molecule has 0 amide bonds. The smallest absolute Gasteiger partial charge is 0.181 e. The van der Waals surface area contributed by atoms with Crippen molar-refractivity contribution in [3.05, 3.63) is 54.3 Å². The number of sulfone groups is 1. The van der Waals surface area contributed by atoms with E-state index in [2.05, 4.69) is 0 Å². The minimum absolute atomic E-state index is 0.180. The number of halogens is 1. The van der Waals surface area contributed by atoms with Crippen molar-refractivity contribution >= 4 is 15.5 Å². The topological polar surface area (TPSA) is 69.4 Å². The first kappa shape index (κ1) is 15.3. The van der Waals surface area contributed by atoms with Gasteiger partial charge in [-0.2, -0.15) is 0 Å². The van der Waals surface area contributed by atoms with Gasteiger partial charge in [0.05, 0.1) is 18.0 Å². The number of nitrogens with two attached hydrogens (primary N) is 1. The van der Waals surface area contributed by atoms with Gasteiger partial charge in [-0.05, 0) is 30.7 Å². The summed E-state index contributed by atoms with van der Waals surface area (Å²) in [5.41, 5.74) is 6.20. The summed E-state index contributed by atoms with van der Waals surface area (Å²) in [6, 6.07) is 12.3. The third-order valence-electron chi connectivity index (χ3n) is 2.91. The van der Waals surface area contributed by atoms with E-state index in [4.69, 9.17) is 10.5 Å². The second-order valence-corrected chi connectivity index (χ2v) is 6.57. The van der Waals surface area contributed by atoms with E-state index >= 15 is 0 Å². The molecule has 2 N–H and O–H groups in total. The third-order valence-corrected chi connectivity index (χ3v) is 4.73. The summed E-state index contributed by atoms with van der Waals surface area (Å²) in [5.74, 6) is -0.396. The molecule has 0 heterocycles. The first-order chi connectivity index (χ1) is 10.0. The molecule has 0 unspecified atom stereocenters. The number of hydrogen-bond donors (Lipinski definition) is 1. The van der Waals surface area contributed by atoms with Gasteiger partial charge >= 0.3 is 0 Å². The first-order valence-corrected chi connectivity index (χ1v) is 8.10. The number of nitrogen functional groups attached to an aromatic ring is 1. The van der Waals surface area contributed by atoms with Gasteiger partial charge in [0.2, 0.25) is 0 Å². The predicted octanol–water partition coefficient (Wildman–Crippen LogP) is 2.65. The second-order valence-electron chi connectivity index (χ2n) is 4.49. The van der Waals surface area contributed by atoms with Gasteiger partial charge in [-0.3, -0.25) is 0 Å². The summed E-state index contributed by atoms with van der Waals surface area (Å²) in [4.78, 5) is -0.274. The Kier molecular flexibility index (Phi) is 4.80. The molecule has 2 rings (SSSR count). The highest BCUT2D eigenvalue weighted by atomic mass is 32.2. The molecule has 0 aliphatic rings. The molecule has 0 saturated heterocycles. The van der Waals surface area contributed by atoms with Crippen LogP contribution in [0.15, 0.2) is 53.4 Å². The number of anilines is 1. The van der Waals surface area contributed by atoms with Gasteiger partial charge in [0, 0.05) is 0 Å². The fourth-order valence-corrected chi connectivity index (χ4v) is 3.22. The van der Waals surface area contributed by atoms with Gasteiger partial charge in [-0.1, -0.05) is 24.3 Å². The van der Waals surface area contributed by atoms with Crippen LogP contribution in [-0.4, -0.2) is 20.8 Å². The Morgan fingerprint density at radius 2 is 1.71 bits per heavy atom. The summed E-state index contributed by atoms with van der Waals surface area (Å²) in [6.45, 7) is 0.196. The maximum atomic E-state index is 13.5. The molecule has 0 fully saturated rings. The molecule has 4 nitrogen and oxygen atoms in total. The van der Waals surface area contributed by atoms with Crippen molar-refractivity contribution in [3.63, 3.8) is 0 Å². The largest absolute Gasteiger partial charge is 0.491 e. The Balaban J connectivity index is 1.92. The van der Waals surface area contributed by atoms with Crippen molar-refractivity contribution < 1.29 is 17.5 Å². The third kappa shape index (κ3) is 3.95. The summed E-state index contributed by atoms with van der Waals surface area (Å²) in [7, 11) is -3.64. The molecular formula is C15H16FNO3S. The zero-order chi connectivity index (χ0) is 15.3. The van der Waals surface area contributed by atoms with Gasteiger partial charge in [0.15, 0.2) is 9.84 Å². The monoisotopic (exact) mass is 309 g/mol. The number of para-hydroxylation sites is 2. The highest BCUT2D eigenvalue weighted by molar-refractivity contribution is 7.91. The molecule has 112 valence electrons. The molecule has 21 heavy (non-hydrogen) atoms. The molecular weight excluding hydrogens is 293 g/mol. The number of hydrogen-bond acceptors (Lipinski definition) is 4. The summed E-state index contributed by atoms with van der Waals surface area (Å²) < 4.78 is 42.9. The molecule has 0 saturated carbocycles. The molecule has 2 aromatic rings. The molecule has 0 radical (unpaired) electrons. The summed E-state index contributed by atoms with van der Waals surface area (Å²) >= 11 is 0. The lowest BCUT2D eigenvalue weighted by Crippen LogP contribution is -2.12. The van der Waals surface area contributed by atoms with E-state index in [0.29, 0.717) is 11.4 Å². The molecule has 0 atom stereocenters. The van der Waals surface area contributed by atoms with E-state index in [1.807, 2.05) is 0 Å². The molecule has 6 heteroatoms. The quantitative estimate of drug-likeness (QED) is 0.658. The fraction of sp³-hybridized carbons (Fsp3) is 0.200. The Morgan fingerprint density at radius 3 is 2.43 bits per heavy atom. The van der Waals surface area contributed by atoms with Crippen molar-refractivity contribution in [1.82, 2.24) is 0 Å². The number of rotatable bonds is 6. The van der Waals surface area contributed by atoms with Crippen LogP contribution in [0.5, 0.6) is 5.75 Å². The van der Waals surface area contributed by atoms with Crippen LogP contribution < -0.4 is 10.5 Å². The van der Waals surface area contributed by atoms with E-state index < -0.39 is 15.7 Å². The predicted molar refractivity (Wildman–Crippen MR) is 79.4 cm³/mol. The van der Waals surface area contributed by atoms with Crippen LogP contribution in [0.1, 0.15) is 6.42 Å². The highest BCUT2D eigenvalue weighted by Gasteiger charge is 2.18. The van der Waals surface area contributed by atoms with Crippen LogP contribution in [-0.2, 0) is 9.84 Å². The van der Waals surface area contributed by atoms with E-state index in [9.17, 15) is 12.8 Å². The Hall–Kier alpha value is -2.08. The van der Waals surface area contributed by atoms with E-state index in [-0.39, 0.29) is 23.7 Å². The number of benzene rings is 2. The maximum Gasteiger partial charge on any atom is 0.181 e. The lowest BCUT2D eigenvalue weighted by Gasteiger charge is -2.09. The zero-order valence-corrected chi connectivity index (χ0v) is 12.1. The van der Waals surface area contributed by atoms with Crippen LogP contribution in [0.3, 0.4) is 0 Å². The van der Waals surface area contributed by atoms with E-state index in [1.165, 1.54) is 18.2 Å². The minimum Gasteiger partial charge on any atom is -0.491 e. The summed E-state index contributed by atoms with van der Waals surface area (Å²) in [6.07, 6.45) is 0.255. The Bertz CT molecular complexity index is 716. The lowest BCUT2D eigenvalue weighted by atomic mass is 10.3. The van der Waals surface area contributed by atoms with Gasteiger partial charge in [0.1, 0.15) is 16.5 Å². The average Bonchev–Trinajstić information content (AvgIpc) is 2.45. The molecule has 2 aromatic carbocycles. The average molecular weight is 309 g/mol. The SMILES string of the molecule is Nc1ccccc1OCCCS(=O)(=O)c1ccccc1F. The van der Waals surface area contributed by atoms with Gasteiger partial charge in [-0.15, -0.1) is 0 Å². The van der Waals surface area contributed by atoms with Crippen LogP contribution in [0.4, 0.5) is 10.1 Å². The van der Waals surface area contributed by atoms with Gasteiger partial charge in [-0.25, -0.2) is 12.8 Å². The van der Waals surface area contributed by atoms with Crippen molar-refractivity contribution in [2.75, 3.05) is 18.1 Å². The van der Waals surface area contributed by atoms with Crippen molar-refractivity contribution in [2.24, 2.45) is 0 Å². The van der Waals surface area contributed by atoms with Crippen LogP contribution >= 0.6 is 0 Å². The molecule has 0 aliphatic carbocycles. The molecule has 0 spiro atoms. The Labute approximate surface area is 123 Å². The number of ether oxygens (including phenoxy) is 1. The molecule has 0 bridgehead atoms. The fourth-order valence-electron chi connectivity index (χ4n) is 1.85. The minimum atomic E-state index is -3.64. The summed E-state index contributed by atoms with van der Waals surface area (Å²) in [5, 5.41) is 0. The Morgan fingerprint density at radius 1 is 1.05 bits per heavy atom. The first-order valence-electron chi connectivity index (χ1n) is 6.45. The van der Waals surface area contributed by atoms with Crippen molar-refractivity contribution in [3.8, 4) is 5.75 Å². The van der Waals surface area contributed by atoms with Gasteiger partial charge < -0.3 is 10.5 Å². The highest BCUT2D eigenvalue weighted by Crippen LogP contribution is 2.20. The zero-order valence-electron chi connectivity index (χ0n) is 11.3. The van der Waals surface area contributed by atoms with Crippen molar-refractivity contribution in [2.45, 2.75) is 11.3 Å². The second kappa shape index (κ2) is 6.58. The van der Waals surface area contributed by atoms with Crippen LogP contribution in [0.2, 0.25) is 0 Å². The molecule has 0 aromatic heterocycles.